The van der Waals surface area contributed by atoms with Crippen molar-refractivity contribution in [1.29, 1.82) is 0 Å². The molecular weight excluding hydrogens is 390 g/mol. The van der Waals surface area contributed by atoms with Crippen LogP contribution >= 0.6 is 0 Å². The third-order valence-corrected chi connectivity index (χ3v) is 6.74. The van der Waals surface area contributed by atoms with Gasteiger partial charge < -0.3 is 19.5 Å². The summed E-state index contributed by atoms with van der Waals surface area (Å²) in [6.45, 7) is 6.25. The average Bonchev–Trinajstić information content (AvgIpc) is 3.35. The summed E-state index contributed by atoms with van der Waals surface area (Å²) in [6, 6.07) is 4.51. The molecule has 4 heterocycles. The number of methoxy groups -OCH3 is 1. The molecule has 2 fully saturated rings. The lowest BCUT2D eigenvalue weighted by molar-refractivity contribution is 0.0816. The fourth-order valence-electron chi connectivity index (χ4n) is 5.05. The highest BCUT2D eigenvalue weighted by Gasteiger charge is 2.26. The Balaban J connectivity index is 1.37. The van der Waals surface area contributed by atoms with E-state index in [1.807, 2.05) is 12.3 Å². The average molecular weight is 422 g/mol. The maximum atomic E-state index is 5.47. The van der Waals surface area contributed by atoms with E-state index in [1.165, 1.54) is 19.3 Å². The van der Waals surface area contributed by atoms with Gasteiger partial charge in [-0.15, -0.1) is 0 Å². The number of imidazole rings is 1. The van der Waals surface area contributed by atoms with E-state index in [1.54, 1.807) is 13.3 Å². The Morgan fingerprint density at radius 1 is 1.06 bits per heavy atom. The zero-order valence-electron chi connectivity index (χ0n) is 18.6. The second-order valence-corrected chi connectivity index (χ2v) is 8.95. The molecule has 0 bridgehead atoms. The first-order chi connectivity index (χ1) is 15.1. The highest BCUT2D eigenvalue weighted by Crippen LogP contribution is 2.37. The quantitative estimate of drug-likeness (QED) is 0.659. The maximum Gasteiger partial charge on any atom is 0.227 e. The molecule has 1 N–H and O–H groups in total. The summed E-state index contributed by atoms with van der Waals surface area (Å²) in [5, 5.41) is 3.38. The van der Waals surface area contributed by atoms with Crippen molar-refractivity contribution in [2.24, 2.45) is 5.92 Å². The topological polar surface area (TPSA) is 81.0 Å². The van der Waals surface area contributed by atoms with E-state index in [-0.39, 0.29) is 0 Å². The third-order valence-electron chi connectivity index (χ3n) is 6.74. The number of hydrogen-bond acceptors (Lipinski definition) is 7. The Morgan fingerprint density at radius 2 is 1.90 bits per heavy atom. The number of fused-ring (bicyclic) bond motifs is 1. The van der Waals surface area contributed by atoms with E-state index in [9.17, 15) is 0 Å². The number of piperidine rings is 1. The molecule has 8 nitrogen and oxygen atoms in total. The Bertz CT molecular complexity index is 1060. The number of aromatic nitrogens is 5. The highest BCUT2D eigenvalue weighted by molar-refractivity contribution is 5.79. The van der Waals surface area contributed by atoms with Crippen LogP contribution in [0.15, 0.2) is 24.5 Å². The molecule has 1 aliphatic heterocycles. The molecular formula is C23H31N7O. The third kappa shape index (κ3) is 4.08. The van der Waals surface area contributed by atoms with E-state index in [2.05, 4.69) is 44.7 Å². The zero-order valence-corrected chi connectivity index (χ0v) is 18.6. The van der Waals surface area contributed by atoms with Crippen LogP contribution in [0.4, 0.5) is 17.6 Å². The molecule has 1 saturated heterocycles. The number of pyridine rings is 1. The minimum atomic E-state index is 0.338. The van der Waals surface area contributed by atoms with Gasteiger partial charge in [-0.1, -0.05) is 6.92 Å². The minimum absolute atomic E-state index is 0.338. The molecule has 0 aromatic carbocycles. The van der Waals surface area contributed by atoms with Crippen molar-refractivity contribution in [2.75, 3.05) is 30.4 Å². The van der Waals surface area contributed by atoms with Crippen molar-refractivity contribution in [3.63, 3.8) is 0 Å². The van der Waals surface area contributed by atoms with Crippen molar-refractivity contribution in [1.82, 2.24) is 24.5 Å². The Morgan fingerprint density at radius 3 is 2.65 bits per heavy atom. The fourth-order valence-corrected chi connectivity index (χ4v) is 5.05. The van der Waals surface area contributed by atoms with Crippen LogP contribution in [0.25, 0.3) is 11.0 Å². The summed E-state index contributed by atoms with van der Waals surface area (Å²) in [5.74, 6) is 4.12. The van der Waals surface area contributed by atoms with Crippen LogP contribution in [0.2, 0.25) is 0 Å². The molecule has 8 heteroatoms. The van der Waals surface area contributed by atoms with Crippen molar-refractivity contribution in [2.45, 2.75) is 58.1 Å². The Labute approximate surface area is 183 Å². The van der Waals surface area contributed by atoms with Crippen molar-refractivity contribution in [3.8, 4) is 0 Å². The Kier molecular flexibility index (Phi) is 5.48. The van der Waals surface area contributed by atoms with Crippen LogP contribution in [0.5, 0.6) is 0 Å². The van der Waals surface area contributed by atoms with Gasteiger partial charge in [0.05, 0.1) is 17.8 Å². The van der Waals surface area contributed by atoms with Crippen LogP contribution in [0.1, 0.15) is 50.9 Å². The van der Waals surface area contributed by atoms with Gasteiger partial charge in [0.1, 0.15) is 23.0 Å². The number of rotatable bonds is 5. The Hall–Kier alpha value is -2.74. The molecule has 2 unspecified atom stereocenters. The van der Waals surface area contributed by atoms with Crippen LogP contribution in [0.3, 0.4) is 0 Å². The van der Waals surface area contributed by atoms with Crippen molar-refractivity contribution in [3.05, 3.63) is 30.4 Å². The van der Waals surface area contributed by atoms with E-state index < -0.39 is 0 Å². The number of anilines is 3. The summed E-state index contributed by atoms with van der Waals surface area (Å²) in [4.78, 5) is 20.8. The van der Waals surface area contributed by atoms with Gasteiger partial charge in [-0.25, -0.2) is 15.0 Å². The molecule has 2 aliphatic rings. The van der Waals surface area contributed by atoms with Crippen LogP contribution in [-0.2, 0) is 4.74 Å². The minimum Gasteiger partial charge on any atom is -0.381 e. The first kappa shape index (κ1) is 20.2. The van der Waals surface area contributed by atoms with Gasteiger partial charge in [-0.05, 0) is 51.0 Å². The number of ether oxygens (including phenoxy) is 1. The molecule has 1 saturated carbocycles. The van der Waals surface area contributed by atoms with Crippen molar-refractivity contribution < 1.29 is 4.74 Å². The van der Waals surface area contributed by atoms with Gasteiger partial charge in [0.2, 0.25) is 5.95 Å². The lowest BCUT2D eigenvalue weighted by atomic mass is 10.1. The van der Waals surface area contributed by atoms with Gasteiger partial charge in [0.25, 0.3) is 0 Å². The largest absolute Gasteiger partial charge is 0.381 e. The predicted molar refractivity (Wildman–Crippen MR) is 122 cm³/mol. The molecule has 5 rings (SSSR count). The zero-order chi connectivity index (χ0) is 21.4. The summed E-state index contributed by atoms with van der Waals surface area (Å²) in [7, 11) is 1.78. The molecule has 0 spiro atoms. The molecule has 3 aromatic heterocycles. The molecule has 1 aliphatic carbocycles. The van der Waals surface area contributed by atoms with Gasteiger partial charge in [0.15, 0.2) is 0 Å². The van der Waals surface area contributed by atoms with Crippen molar-refractivity contribution >= 4 is 28.6 Å². The SMILES string of the molecule is COC1CCN(c2nccc(Nc3cc4c(cn3)nc(C)n4C3CCC(C)C3)n2)CC1. The highest BCUT2D eigenvalue weighted by atomic mass is 16.5. The smallest absolute Gasteiger partial charge is 0.227 e. The van der Waals surface area contributed by atoms with Crippen LogP contribution in [-0.4, -0.2) is 50.8 Å². The molecule has 164 valence electrons. The van der Waals surface area contributed by atoms with Gasteiger partial charge >= 0.3 is 0 Å². The standard InChI is InChI=1S/C23H31N7O/c1-15-4-5-17(12-15)30-16(2)26-19-14-25-22(13-20(19)30)27-21-6-9-24-23(28-21)29-10-7-18(31-3)8-11-29/h6,9,13-15,17-18H,4-5,7-8,10-12H2,1-3H3,(H,24,25,27,28). The molecule has 0 amide bonds. The number of nitrogens with one attached hydrogen (secondary N) is 1. The second kappa shape index (κ2) is 8.42. The first-order valence-corrected chi connectivity index (χ1v) is 11.3. The summed E-state index contributed by atoms with van der Waals surface area (Å²) in [5.41, 5.74) is 2.09. The number of aryl methyl sites for hydroxylation is 1. The molecule has 0 radical (unpaired) electrons. The van der Waals surface area contributed by atoms with E-state index in [0.29, 0.717) is 12.1 Å². The fraction of sp³-hybridized carbons (Fsp3) is 0.565. The lowest BCUT2D eigenvalue weighted by Crippen LogP contribution is -2.37. The van der Waals surface area contributed by atoms with Gasteiger partial charge in [-0.2, -0.15) is 4.98 Å². The van der Waals surface area contributed by atoms with E-state index >= 15 is 0 Å². The summed E-state index contributed by atoms with van der Waals surface area (Å²) < 4.78 is 7.87. The summed E-state index contributed by atoms with van der Waals surface area (Å²) >= 11 is 0. The second-order valence-electron chi connectivity index (χ2n) is 8.95. The monoisotopic (exact) mass is 421 g/mol. The molecule has 2 atom stereocenters. The first-order valence-electron chi connectivity index (χ1n) is 11.3. The van der Waals surface area contributed by atoms with Gasteiger partial charge in [0, 0.05) is 38.5 Å². The molecule has 3 aromatic rings. The predicted octanol–water partition coefficient (Wildman–Crippen LogP) is 4.25. The normalized spacial score (nSPS) is 22.4. The van der Waals surface area contributed by atoms with Crippen LogP contribution < -0.4 is 10.2 Å². The maximum absolute atomic E-state index is 5.47. The van der Waals surface area contributed by atoms with Crippen LogP contribution in [0, 0.1) is 12.8 Å². The molecule has 31 heavy (non-hydrogen) atoms. The number of nitrogens with zero attached hydrogens (tertiary/aromatic N) is 6. The number of hydrogen-bond donors (Lipinski definition) is 1. The lowest BCUT2D eigenvalue weighted by Gasteiger charge is -2.31. The van der Waals surface area contributed by atoms with Gasteiger partial charge in [-0.3, -0.25) is 0 Å². The van der Waals surface area contributed by atoms with E-state index in [0.717, 1.165) is 66.3 Å². The summed E-state index contributed by atoms with van der Waals surface area (Å²) in [6.07, 6.45) is 9.71. The van der Waals surface area contributed by atoms with E-state index in [4.69, 9.17) is 14.7 Å².